The maximum atomic E-state index is 12.8. The molecule has 0 N–H and O–H groups in total. The first kappa shape index (κ1) is 15.4. The van der Waals surface area contributed by atoms with Gasteiger partial charge in [-0.25, -0.2) is 4.39 Å². The molecule has 2 rings (SSSR count). The second-order valence-corrected chi connectivity index (χ2v) is 5.24. The van der Waals surface area contributed by atoms with E-state index in [9.17, 15) is 14.0 Å². The summed E-state index contributed by atoms with van der Waals surface area (Å²) in [5.74, 6) is -0.565. The number of halogens is 2. The molecule has 0 fully saturated rings. The first-order valence-electron chi connectivity index (χ1n) is 6.15. The molecule has 2 aromatic carbocycles. The van der Waals surface area contributed by atoms with Crippen LogP contribution < -0.4 is 4.74 Å². The largest absolute Gasteiger partial charge is 0.497 e. The Bertz CT molecular complexity index is 650. The summed E-state index contributed by atoms with van der Waals surface area (Å²) < 4.78 is 17.9. The van der Waals surface area contributed by atoms with Gasteiger partial charge in [0.1, 0.15) is 16.4 Å². The van der Waals surface area contributed by atoms with Gasteiger partial charge in [0.2, 0.25) is 0 Å². The van der Waals surface area contributed by atoms with Gasteiger partial charge < -0.3 is 4.74 Å². The number of ether oxygens (including phenoxy) is 1. The zero-order valence-corrected chi connectivity index (χ0v) is 12.8. The van der Waals surface area contributed by atoms with Crippen LogP contribution in [-0.2, 0) is 0 Å². The highest BCUT2D eigenvalue weighted by atomic mass is 79.9. The fourth-order valence-electron chi connectivity index (χ4n) is 1.78. The van der Waals surface area contributed by atoms with E-state index in [0.29, 0.717) is 11.3 Å². The summed E-state index contributed by atoms with van der Waals surface area (Å²) in [6.07, 6.45) is 0. The molecule has 0 heterocycles. The predicted molar refractivity (Wildman–Crippen MR) is 80.8 cm³/mol. The Labute approximate surface area is 129 Å². The summed E-state index contributed by atoms with van der Waals surface area (Å²) in [6, 6.07) is 11.6. The molecule has 0 aliphatic rings. The van der Waals surface area contributed by atoms with Gasteiger partial charge in [0, 0.05) is 11.1 Å². The molecule has 0 aliphatic carbocycles. The molecule has 21 heavy (non-hydrogen) atoms. The van der Waals surface area contributed by atoms with Crippen LogP contribution in [0.2, 0.25) is 0 Å². The number of carbonyl (C=O) groups excluding carboxylic acids is 2. The van der Waals surface area contributed by atoms with Crippen molar-refractivity contribution in [2.24, 2.45) is 0 Å². The van der Waals surface area contributed by atoms with Crippen molar-refractivity contribution in [3.05, 3.63) is 65.5 Å². The van der Waals surface area contributed by atoms with E-state index in [1.807, 2.05) is 0 Å². The van der Waals surface area contributed by atoms with E-state index in [2.05, 4.69) is 15.9 Å². The molecule has 0 saturated carbocycles. The smallest absolute Gasteiger partial charge is 0.184 e. The van der Waals surface area contributed by atoms with Crippen molar-refractivity contribution in [1.29, 1.82) is 0 Å². The zero-order valence-electron chi connectivity index (χ0n) is 11.2. The number of carbonyl (C=O) groups is 2. The number of hydrogen-bond donors (Lipinski definition) is 0. The highest BCUT2D eigenvalue weighted by molar-refractivity contribution is 9.10. The van der Waals surface area contributed by atoms with E-state index in [0.717, 1.165) is 0 Å². The van der Waals surface area contributed by atoms with E-state index in [1.165, 1.54) is 31.4 Å². The quantitative estimate of drug-likeness (QED) is 0.469. The molecule has 2 aromatic rings. The Morgan fingerprint density at radius 2 is 1.38 bits per heavy atom. The summed E-state index contributed by atoms with van der Waals surface area (Å²) in [6.45, 7) is 0. The number of benzene rings is 2. The number of alkyl halides is 1. The Morgan fingerprint density at radius 1 is 0.952 bits per heavy atom. The third kappa shape index (κ3) is 3.55. The molecule has 5 heteroatoms. The molecule has 0 bridgehead atoms. The molecule has 1 atom stereocenters. The van der Waals surface area contributed by atoms with Gasteiger partial charge in [-0.15, -0.1) is 0 Å². The average Bonchev–Trinajstić information content (AvgIpc) is 2.53. The van der Waals surface area contributed by atoms with Crippen LogP contribution in [0, 0.1) is 5.82 Å². The molecule has 0 spiro atoms. The Balaban J connectivity index is 2.17. The molecule has 1 unspecified atom stereocenters. The second-order valence-electron chi connectivity index (χ2n) is 4.33. The van der Waals surface area contributed by atoms with Crippen molar-refractivity contribution >= 4 is 27.5 Å². The minimum absolute atomic E-state index is 0.278. The van der Waals surface area contributed by atoms with Crippen LogP contribution in [0.15, 0.2) is 48.5 Å². The van der Waals surface area contributed by atoms with E-state index < -0.39 is 16.4 Å². The number of methoxy groups -OCH3 is 1. The van der Waals surface area contributed by atoms with E-state index in [-0.39, 0.29) is 11.3 Å². The molecule has 0 aromatic heterocycles. The highest BCUT2D eigenvalue weighted by Crippen LogP contribution is 2.18. The molecule has 108 valence electrons. The molecule has 0 amide bonds. The van der Waals surface area contributed by atoms with Crippen LogP contribution in [-0.4, -0.2) is 23.5 Å². The summed E-state index contributed by atoms with van der Waals surface area (Å²) >= 11 is 3.11. The summed E-state index contributed by atoms with van der Waals surface area (Å²) in [5.41, 5.74) is 0.674. The average molecular weight is 351 g/mol. The second kappa shape index (κ2) is 6.63. The van der Waals surface area contributed by atoms with Crippen molar-refractivity contribution in [3.63, 3.8) is 0 Å². The molecule has 0 saturated heterocycles. The van der Waals surface area contributed by atoms with Crippen LogP contribution >= 0.6 is 15.9 Å². The van der Waals surface area contributed by atoms with Crippen molar-refractivity contribution in [2.75, 3.05) is 7.11 Å². The minimum atomic E-state index is -1.00. The van der Waals surface area contributed by atoms with Crippen LogP contribution in [0.3, 0.4) is 0 Å². The molecule has 0 aliphatic heterocycles. The molecule has 0 radical (unpaired) electrons. The highest BCUT2D eigenvalue weighted by Gasteiger charge is 2.25. The van der Waals surface area contributed by atoms with Crippen molar-refractivity contribution < 1.29 is 18.7 Å². The van der Waals surface area contributed by atoms with E-state index >= 15 is 0 Å². The Hall–Kier alpha value is -2.01. The maximum absolute atomic E-state index is 12.8. The van der Waals surface area contributed by atoms with Gasteiger partial charge in [-0.1, -0.05) is 15.9 Å². The first-order valence-corrected chi connectivity index (χ1v) is 7.06. The van der Waals surface area contributed by atoms with Gasteiger partial charge in [0.15, 0.2) is 11.6 Å². The number of hydrogen-bond acceptors (Lipinski definition) is 3. The fourth-order valence-corrected chi connectivity index (χ4v) is 2.31. The number of ketones is 2. The number of Topliss-reactive ketones (excluding diaryl/α,β-unsaturated/α-hetero) is 2. The Kier molecular flexibility index (Phi) is 4.85. The van der Waals surface area contributed by atoms with Crippen LogP contribution in [0.25, 0.3) is 0 Å². The van der Waals surface area contributed by atoms with E-state index in [4.69, 9.17) is 4.74 Å². The topological polar surface area (TPSA) is 43.4 Å². The Morgan fingerprint density at radius 3 is 1.81 bits per heavy atom. The standard InChI is InChI=1S/C16H12BrFO3/c1-21-13-8-4-11(5-9-13)16(20)14(17)15(19)10-2-6-12(18)7-3-10/h2-9,14H,1H3. The lowest BCUT2D eigenvalue weighted by Gasteiger charge is -2.09. The normalized spacial score (nSPS) is 11.8. The molecule has 3 nitrogen and oxygen atoms in total. The lowest BCUT2D eigenvalue weighted by atomic mass is 10.0. The molecular formula is C16H12BrFO3. The van der Waals surface area contributed by atoms with Crippen molar-refractivity contribution in [3.8, 4) is 5.75 Å². The maximum Gasteiger partial charge on any atom is 0.184 e. The SMILES string of the molecule is COc1ccc(C(=O)C(Br)C(=O)c2ccc(F)cc2)cc1. The molecular weight excluding hydrogens is 339 g/mol. The first-order chi connectivity index (χ1) is 10.0. The zero-order chi connectivity index (χ0) is 15.4. The van der Waals surface area contributed by atoms with Gasteiger partial charge in [0.05, 0.1) is 7.11 Å². The van der Waals surface area contributed by atoms with Crippen molar-refractivity contribution in [1.82, 2.24) is 0 Å². The third-order valence-corrected chi connectivity index (χ3v) is 3.80. The lowest BCUT2D eigenvalue weighted by molar-refractivity contribution is 0.0906. The fraction of sp³-hybridized carbons (Fsp3) is 0.125. The van der Waals surface area contributed by atoms with Gasteiger partial charge in [-0.2, -0.15) is 0 Å². The van der Waals surface area contributed by atoms with Crippen LogP contribution in [0.4, 0.5) is 4.39 Å². The van der Waals surface area contributed by atoms with Gasteiger partial charge in [0.25, 0.3) is 0 Å². The van der Waals surface area contributed by atoms with Crippen LogP contribution in [0.1, 0.15) is 20.7 Å². The van der Waals surface area contributed by atoms with Gasteiger partial charge in [-0.3, -0.25) is 9.59 Å². The minimum Gasteiger partial charge on any atom is -0.497 e. The van der Waals surface area contributed by atoms with Crippen molar-refractivity contribution in [2.45, 2.75) is 4.83 Å². The third-order valence-electron chi connectivity index (χ3n) is 2.96. The summed E-state index contributed by atoms with van der Waals surface area (Å²) in [4.78, 5) is 23.4. The monoisotopic (exact) mass is 350 g/mol. The van der Waals surface area contributed by atoms with E-state index in [1.54, 1.807) is 24.3 Å². The summed E-state index contributed by atoms with van der Waals surface area (Å²) in [5, 5.41) is 0. The summed E-state index contributed by atoms with van der Waals surface area (Å²) in [7, 11) is 1.53. The van der Waals surface area contributed by atoms with Crippen LogP contribution in [0.5, 0.6) is 5.75 Å². The van der Waals surface area contributed by atoms with Gasteiger partial charge in [-0.05, 0) is 48.5 Å². The lowest BCUT2D eigenvalue weighted by Crippen LogP contribution is -2.24. The van der Waals surface area contributed by atoms with Gasteiger partial charge >= 0.3 is 0 Å². The number of rotatable bonds is 5. The predicted octanol–water partition coefficient (Wildman–Crippen LogP) is 3.66.